The van der Waals surface area contributed by atoms with Gasteiger partial charge in [-0.05, 0) is 38.4 Å². The predicted octanol–water partition coefficient (Wildman–Crippen LogP) is 3.96. The van der Waals surface area contributed by atoms with Crippen molar-refractivity contribution in [2.45, 2.75) is 25.3 Å². The van der Waals surface area contributed by atoms with Crippen LogP contribution in [0.25, 0.3) is 22.6 Å². The van der Waals surface area contributed by atoms with Crippen molar-refractivity contribution in [3.8, 4) is 22.6 Å². The molecule has 4 heterocycles. The second-order valence-electron chi connectivity index (χ2n) is 9.67. The number of rotatable bonds is 7. The van der Waals surface area contributed by atoms with E-state index in [1.54, 1.807) is 23.1 Å². The van der Waals surface area contributed by atoms with Crippen molar-refractivity contribution < 1.29 is 8.78 Å². The van der Waals surface area contributed by atoms with E-state index < -0.39 is 5.92 Å². The van der Waals surface area contributed by atoms with Gasteiger partial charge in [-0.3, -0.25) is 0 Å². The molecule has 0 saturated carbocycles. The first kappa shape index (κ1) is 25.5. The third kappa shape index (κ3) is 5.70. The third-order valence-electron chi connectivity index (χ3n) is 6.36. The number of alkyl halides is 2. The molecule has 4 aromatic rings. The summed E-state index contributed by atoms with van der Waals surface area (Å²) in [5.74, 6) is -0.561. The van der Waals surface area contributed by atoms with E-state index in [1.807, 2.05) is 61.3 Å². The molecule has 10 nitrogen and oxygen atoms in total. The van der Waals surface area contributed by atoms with Gasteiger partial charge in [-0.15, -0.1) is 5.10 Å². The van der Waals surface area contributed by atoms with E-state index in [2.05, 4.69) is 30.4 Å². The van der Waals surface area contributed by atoms with Gasteiger partial charge in [0.15, 0.2) is 5.82 Å². The number of nitrogens with two attached hydrogens (primary N) is 1. The topological polar surface area (TPSA) is 114 Å². The molecule has 3 aromatic heterocycles. The number of nitrogens with zero attached hydrogens (tertiary/aromatic N) is 8. The number of aryl methyl sites for hydroxylation is 1. The molecule has 0 radical (unpaired) electrons. The highest BCUT2D eigenvalue weighted by Gasteiger charge is 2.35. The average molecular weight is 521 g/mol. The first-order chi connectivity index (χ1) is 18.2. The number of pyridine rings is 1. The number of nitrogen functional groups attached to an aromatic ring is 1. The summed E-state index contributed by atoms with van der Waals surface area (Å²) in [5, 5.41) is 7.87. The zero-order chi connectivity index (χ0) is 26.9. The quantitative estimate of drug-likeness (QED) is 0.374. The van der Waals surface area contributed by atoms with E-state index in [9.17, 15) is 8.78 Å². The second kappa shape index (κ2) is 10.3. The molecule has 1 aromatic carbocycles. The van der Waals surface area contributed by atoms with Crippen LogP contribution in [0.1, 0.15) is 18.4 Å². The molecule has 5 rings (SSSR count). The zero-order valence-corrected chi connectivity index (χ0v) is 21.6. The van der Waals surface area contributed by atoms with Crippen LogP contribution in [0.4, 0.5) is 32.2 Å². The molecule has 12 heteroatoms. The fourth-order valence-corrected chi connectivity index (χ4v) is 4.42. The van der Waals surface area contributed by atoms with E-state index >= 15 is 0 Å². The number of hydrogen-bond acceptors (Lipinski definition) is 9. The molecule has 1 fully saturated rings. The minimum Gasteiger partial charge on any atom is -0.368 e. The summed E-state index contributed by atoms with van der Waals surface area (Å²) in [6, 6.07) is 11.5. The Balaban J connectivity index is 1.36. The largest absolute Gasteiger partial charge is 0.368 e. The predicted molar refractivity (Wildman–Crippen MR) is 143 cm³/mol. The van der Waals surface area contributed by atoms with Gasteiger partial charge in [0.2, 0.25) is 11.9 Å². The smallest absolute Gasteiger partial charge is 0.251 e. The number of anilines is 4. The van der Waals surface area contributed by atoms with Crippen molar-refractivity contribution in [3.63, 3.8) is 0 Å². The van der Waals surface area contributed by atoms with Gasteiger partial charge in [-0.2, -0.15) is 4.98 Å². The summed E-state index contributed by atoms with van der Waals surface area (Å²) in [4.78, 5) is 21.5. The molecular weight excluding hydrogens is 490 g/mol. The zero-order valence-electron chi connectivity index (χ0n) is 21.6. The summed E-state index contributed by atoms with van der Waals surface area (Å²) in [6.45, 7) is 1.17. The lowest BCUT2D eigenvalue weighted by Crippen LogP contribution is -2.40. The summed E-state index contributed by atoms with van der Waals surface area (Å²) < 4.78 is 29.1. The van der Waals surface area contributed by atoms with E-state index in [-0.39, 0.29) is 31.9 Å². The lowest BCUT2D eigenvalue weighted by molar-refractivity contribution is -0.0221. The standard InChI is InChI=1S/C26H30F2N10/c1-36(2)16-19-14-18(15-31-23(19)38-12-9-26(27,28)10-13-38)22-34-25(37(3)35-22)32-20-6-4-17(5-7-20)21-8-11-30-24(29)33-21/h4-8,11,14-15H,9-10,12-13,16H2,1-3H3,(H2,29,30,33)(H,32,34,35). The fraction of sp³-hybridized carbons (Fsp3) is 0.346. The molecule has 1 aliphatic rings. The Morgan fingerprint density at radius 3 is 2.45 bits per heavy atom. The average Bonchev–Trinajstić information content (AvgIpc) is 3.24. The second-order valence-corrected chi connectivity index (χ2v) is 9.67. The Morgan fingerprint density at radius 1 is 1.03 bits per heavy atom. The molecule has 0 bridgehead atoms. The summed E-state index contributed by atoms with van der Waals surface area (Å²) in [6.07, 6.45) is 3.01. The summed E-state index contributed by atoms with van der Waals surface area (Å²) in [7, 11) is 5.74. The van der Waals surface area contributed by atoms with Gasteiger partial charge in [0.05, 0.1) is 5.69 Å². The first-order valence-corrected chi connectivity index (χ1v) is 12.3. The highest BCUT2D eigenvalue weighted by molar-refractivity contribution is 5.66. The van der Waals surface area contributed by atoms with Crippen molar-refractivity contribution in [1.29, 1.82) is 0 Å². The van der Waals surface area contributed by atoms with Gasteiger partial charge in [-0.25, -0.2) is 28.4 Å². The SMILES string of the molecule is CN(C)Cc1cc(-c2nc(Nc3ccc(-c4ccnc(N)n4)cc3)n(C)n2)cnc1N1CCC(F)(F)CC1. The van der Waals surface area contributed by atoms with Crippen LogP contribution in [-0.2, 0) is 13.6 Å². The minimum absolute atomic E-state index is 0.164. The molecule has 0 atom stereocenters. The van der Waals surface area contributed by atoms with Crippen molar-refractivity contribution in [3.05, 3.63) is 54.4 Å². The Kier molecular flexibility index (Phi) is 6.89. The first-order valence-electron chi connectivity index (χ1n) is 12.3. The molecule has 0 spiro atoms. The van der Waals surface area contributed by atoms with Crippen molar-refractivity contribution >= 4 is 23.4 Å². The summed E-state index contributed by atoms with van der Waals surface area (Å²) in [5.41, 5.74) is 9.89. The van der Waals surface area contributed by atoms with Crippen LogP contribution < -0.4 is 16.0 Å². The molecule has 0 amide bonds. The maximum Gasteiger partial charge on any atom is 0.251 e. The van der Waals surface area contributed by atoms with Gasteiger partial charge in [0.1, 0.15) is 5.82 Å². The number of piperidine rings is 1. The molecule has 38 heavy (non-hydrogen) atoms. The monoisotopic (exact) mass is 520 g/mol. The third-order valence-corrected chi connectivity index (χ3v) is 6.36. The number of halogens is 2. The highest BCUT2D eigenvalue weighted by atomic mass is 19.3. The molecule has 0 aliphatic carbocycles. The lowest BCUT2D eigenvalue weighted by Gasteiger charge is -2.34. The molecule has 1 saturated heterocycles. The fourth-order valence-electron chi connectivity index (χ4n) is 4.42. The van der Waals surface area contributed by atoms with Crippen LogP contribution in [0.5, 0.6) is 0 Å². The van der Waals surface area contributed by atoms with E-state index in [0.717, 1.165) is 33.9 Å². The molecule has 198 valence electrons. The van der Waals surface area contributed by atoms with E-state index in [4.69, 9.17) is 5.73 Å². The number of benzene rings is 1. The maximum absolute atomic E-state index is 13.7. The van der Waals surface area contributed by atoms with Crippen LogP contribution in [-0.4, -0.2) is 67.7 Å². The lowest BCUT2D eigenvalue weighted by atomic mass is 10.1. The van der Waals surface area contributed by atoms with Gasteiger partial charge >= 0.3 is 0 Å². The normalized spacial score (nSPS) is 15.2. The van der Waals surface area contributed by atoms with Gasteiger partial charge in [0, 0.05) is 74.3 Å². The number of nitrogens with one attached hydrogen (secondary N) is 1. The van der Waals surface area contributed by atoms with Crippen LogP contribution >= 0.6 is 0 Å². The van der Waals surface area contributed by atoms with E-state index in [0.29, 0.717) is 18.3 Å². The van der Waals surface area contributed by atoms with Crippen LogP contribution in [0.2, 0.25) is 0 Å². The Labute approximate surface area is 219 Å². The molecule has 1 aliphatic heterocycles. The van der Waals surface area contributed by atoms with Crippen molar-refractivity contribution in [2.24, 2.45) is 7.05 Å². The van der Waals surface area contributed by atoms with Crippen molar-refractivity contribution in [1.82, 2.24) is 34.6 Å². The Bertz CT molecular complexity index is 1410. The van der Waals surface area contributed by atoms with Gasteiger partial charge in [-0.1, -0.05) is 12.1 Å². The Hall–Kier alpha value is -4.19. The number of hydrogen-bond donors (Lipinski definition) is 2. The van der Waals surface area contributed by atoms with Gasteiger partial charge < -0.3 is 20.9 Å². The van der Waals surface area contributed by atoms with E-state index in [1.165, 1.54) is 0 Å². The Morgan fingerprint density at radius 2 is 1.76 bits per heavy atom. The van der Waals surface area contributed by atoms with Gasteiger partial charge in [0.25, 0.3) is 5.92 Å². The van der Waals surface area contributed by atoms with Crippen molar-refractivity contribution in [2.75, 3.05) is 43.1 Å². The minimum atomic E-state index is -2.61. The molecular formula is C26H30F2N10. The van der Waals surface area contributed by atoms with Crippen LogP contribution in [0.3, 0.4) is 0 Å². The highest BCUT2D eigenvalue weighted by Crippen LogP contribution is 2.33. The molecule has 3 N–H and O–H groups in total. The van der Waals surface area contributed by atoms with Crippen LogP contribution in [0.15, 0.2) is 48.8 Å². The number of aromatic nitrogens is 6. The molecule has 0 unspecified atom stereocenters. The summed E-state index contributed by atoms with van der Waals surface area (Å²) >= 11 is 0. The maximum atomic E-state index is 13.7. The van der Waals surface area contributed by atoms with Crippen LogP contribution in [0, 0.1) is 0 Å².